The average Bonchev–Trinajstić information content (AvgIpc) is 4.22. The van der Waals surface area contributed by atoms with Crippen LogP contribution in [0.25, 0.3) is 32.5 Å². The summed E-state index contributed by atoms with van der Waals surface area (Å²) < 4.78 is 1.44. The molecule has 7 rings (SSSR count). The molecule has 410 valence electrons. The van der Waals surface area contributed by atoms with Crippen molar-refractivity contribution in [2.75, 3.05) is 22.9 Å². The predicted octanol–water partition coefficient (Wildman–Crippen LogP) is 12.4. The van der Waals surface area contributed by atoms with Crippen LogP contribution in [0, 0.1) is 12.3 Å². The fourth-order valence-corrected chi connectivity index (χ4v) is 10.9. The molecular formula is C61H79N9O6S. The molecule has 1 saturated heterocycles. The third kappa shape index (κ3) is 16.1. The number of aliphatic hydroxyl groups excluding tert-OH is 1. The van der Waals surface area contributed by atoms with E-state index in [1.54, 1.807) is 11.3 Å². The van der Waals surface area contributed by atoms with Gasteiger partial charge in [0.15, 0.2) is 5.82 Å². The summed E-state index contributed by atoms with van der Waals surface area (Å²) in [4.78, 5) is 74.0. The molecule has 6 aromatic rings. The maximum absolute atomic E-state index is 14.0. The summed E-state index contributed by atoms with van der Waals surface area (Å²) >= 11 is 1.58. The van der Waals surface area contributed by atoms with Crippen molar-refractivity contribution in [3.05, 3.63) is 113 Å². The first-order valence-electron chi connectivity index (χ1n) is 27.6. The number of aromatic nitrogens is 3. The SMILES string of the molecule is Cc1ncsc1-c1ccc(CNC(=O)[C@@H]2C[C@@H](O)CN2C(=O)[C@@H](NC(=O)CCCCCCCCCCCCCCC(=O)n2nc(N)c3c(-c4cccc(NC(=O)Nc5cccc(C(C)C)c5)c4)cccc32)C(C)(C)C)cc1. The molecule has 0 bridgehead atoms. The molecule has 1 aliphatic rings. The minimum Gasteiger partial charge on any atom is -0.391 e. The summed E-state index contributed by atoms with van der Waals surface area (Å²) in [7, 11) is 0. The summed E-state index contributed by atoms with van der Waals surface area (Å²) in [6.45, 7) is 12.2. The van der Waals surface area contributed by atoms with Crippen molar-refractivity contribution in [1.29, 1.82) is 0 Å². The van der Waals surface area contributed by atoms with Crippen molar-refractivity contribution in [2.45, 2.75) is 169 Å². The Balaban J connectivity index is 0.748. The van der Waals surface area contributed by atoms with Crippen LogP contribution in [0.3, 0.4) is 0 Å². The van der Waals surface area contributed by atoms with Gasteiger partial charge in [-0.3, -0.25) is 19.2 Å². The maximum atomic E-state index is 14.0. The van der Waals surface area contributed by atoms with E-state index in [1.165, 1.54) is 22.4 Å². The van der Waals surface area contributed by atoms with E-state index in [2.05, 4.69) is 45.2 Å². The second-order valence-electron chi connectivity index (χ2n) is 22.0. The Morgan fingerprint density at radius 3 is 2.00 bits per heavy atom. The number of anilines is 3. The van der Waals surface area contributed by atoms with Crippen LogP contribution in [0.5, 0.6) is 0 Å². The van der Waals surface area contributed by atoms with Crippen LogP contribution >= 0.6 is 11.3 Å². The van der Waals surface area contributed by atoms with Crippen molar-refractivity contribution in [1.82, 2.24) is 30.3 Å². The van der Waals surface area contributed by atoms with E-state index in [-0.39, 0.29) is 55.0 Å². The maximum Gasteiger partial charge on any atom is 0.323 e. The van der Waals surface area contributed by atoms with E-state index >= 15 is 0 Å². The predicted molar refractivity (Wildman–Crippen MR) is 310 cm³/mol. The second kappa shape index (κ2) is 27.4. The van der Waals surface area contributed by atoms with Crippen LogP contribution < -0.4 is 27.0 Å². The van der Waals surface area contributed by atoms with Crippen LogP contribution in [0.15, 0.2) is 96.5 Å². The van der Waals surface area contributed by atoms with Crippen LogP contribution in [0.4, 0.5) is 22.0 Å². The topological polar surface area (TPSA) is 214 Å². The van der Waals surface area contributed by atoms with Gasteiger partial charge in [-0.25, -0.2) is 9.78 Å². The summed E-state index contributed by atoms with van der Waals surface area (Å²) in [6, 6.07) is 27.0. The van der Waals surface area contributed by atoms with E-state index in [0.717, 1.165) is 108 Å². The number of hydrogen-bond acceptors (Lipinski definition) is 10. The fraction of sp³-hybridized carbons (Fsp3) is 0.459. The highest BCUT2D eigenvalue weighted by molar-refractivity contribution is 7.13. The largest absolute Gasteiger partial charge is 0.391 e. The lowest BCUT2D eigenvalue weighted by Gasteiger charge is -2.35. The minimum absolute atomic E-state index is 0.0346. The first-order chi connectivity index (χ1) is 37.0. The van der Waals surface area contributed by atoms with Crippen LogP contribution in [0.2, 0.25) is 0 Å². The molecule has 3 heterocycles. The number of nitrogens with two attached hydrogens (primary N) is 1. The number of nitrogen functional groups attached to an aromatic ring is 1. The van der Waals surface area contributed by atoms with E-state index in [9.17, 15) is 29.1 Å². The van der Waals surface area contributed by atoms with E-state index in [0.29, 0.717) is 35.3 Å². The fourth-order valence-electron chi connectivity index (χ4n) is 10.1. The normalized spacial score (nSPS) is 14.9. The Bertz CT molecular complexity index is 2960. The van der Waals surface area contributed by atoms with Crippen molar-refractivity contribution >= 4 is 69.1 Å². The number of hydrogen-bond donors (Lipinski definition) is 6. The Labute approximate surface area is 458 Å². The number of unbranched alkanes of at least 4 members (excludes halogenated alkanes) is 11. The van der Waals surface area contributed by atoms with Gasteiger partial charge in [-0.2, -0.15) is 4.68 Å². The third-order valence-corrected chi connectivity index (χ3v) is 15.4. The van der Waals surface area contributed by atoms with Gasteiger partial charge in [0.05, 0.1) is 33.1 Å². The number of fused-ring (bicyclic) bond motifs is 1. The lowest BCUT2D eigenvalue weighted by atomic mass is 9.85. The number of rotatable bonds is 25. The molecule has 7 N–H and O–H groups in total. The Kier molecular flexibility index (Phi) is 20.6. The first-order valence-corrected chi connectivity index (χ1v) is 28.5. The number of carbonyl (C=O) groups is 5. The summed E-state index contributed by atoms with van der Waals surface area (Å²) in [5.41, 5.74) is 15.4. The Morgan fingerprint density at radius 1 is 0.766 bits per heavy atom. The molecule has 77 heavy (non-hydrogen) atoms. The third-order valence-electron chi connectivity index (χ3n) is 14.5. The van der Waals surface area contributed by atoms with Gasteiger partial charge < -0.3 is 37.0 Å². The van der Waals surface area contributed by atoms with Gasteiger partial charge in [-0.15, -0.1) is 16.4 Å². The van der Waals surface area contributed by atoms with Gasteiger partial charge in [-0.05, 0) is 89.2 Å². The molecule has 0 spiro atoms. The standard InChI is InChI=1S/C61H79N9O6S/c1-40(2)44-22-19-24-46(34-44)65-60(76)66-47-25-20-23-45(35-47)49-26-21-27-50-54(49)57(62)68-70(50)53(73)29-18-16-14-12-10-8-7-9-11-13-15-17-28-52(72)67-56(61(4,5)6)59(75)69-38-48(71)36-51(69)58(74)63-37-42-30-32-43(33-31-42)55-41(3)64-39-77-55/h19-27,30-35,39-40,48,51,56,71H,7-18,28-29,36-38H2,1-6H3,(H2,62,68)(H,63,74)(H,67,72)(H2,65,66,76)/t48-,51+,56-/m1/s1. The second-order valence-corrected chi connectivity index (χ2v) is 22.9. The molecule has 15 nitrogen and oxygen atoms in total. The van der Waals surface area contributed by atoms with Crippen LogP contribution in [-0.2, 0) is 20.9 Å². The van der Waals surface area contributed by atoms with Crippen LogP contribution in [-0.4, -0.2) is 79.2 Å². The monoisotopic (exact) mass is 1070 g/mol. The zero-order valence-electron chi connectivity index (χ0n) is 45.8. The number of amides is 5. The van der Waals surface area contributed by atoms with E-state index in [1.807, 2.05) is 124 Å². The zero-order valence-corrected chi connectivity index (χ0v) is 46.6. The van der Waals surface area contributed by atoms with Crippen molar-refractivity contribution in [3.63, 3.8) is 0 Å². The minimum atomic E-state index is -0.846. The first kappa shape index (κ1) is 57.8. The number of β-amino-alcohol motifs (C(OH)–C–C–N with tert-alkyl or cyclic N) is 1. The van der Waals surface area contributed by atoms with Gasteiger partial charge in [0.2, 0.25) is 23.6 Å². The highest BCUT2D eigenvalue weighted by Gasteiger charge is 2.44. The molecule has 3 atom stereocenters. The summed E-state index contributed by atoms with van der Waals surface area (Å²) in [6.07, 6.45) is 12.4. The molecule has 0 radical (unpaired) electrons. The summed E-state index contributed by atoms with van der Waals surface area (Å²) in [5.74, 6) is -0.335. The smallest absolute Gasteiger partial charge is 0.323 e. The molecule has 5 amide bonds. The Morgan fingerprint density at radius 2 is 1.38 bits per heavy atom. The number of aliphatic hydroxyl groups is 1. The number of nitrogens with zero attached hydrogens (tertiary/aromatic N) is 4. The quantitative estimate of drug-likeness (QED) is 0.0300. The molecule has 1 fully saturated rings. The Hall–Kier alpha value is -6.91. The highest BCUT2D eigenvalue weighted by atomic mass is 32.1. The van der Waals surface area contributed by atoms with E-state index in [4.69, 9.17) is 5.73 Å². The highest BCUT2D eigenvalue weighted by Crippen LogP contribution is 2.35. The lowest BCUT2D eigenvalue weighted by molar-refractivity contribution is -0.144. The molecule has 2 aromatic heterocycles. The molecule has 0 saturated carbocycles. The zero-order chi connectivity index (χ0) is 55.1. The number of carbonyl (C=O) groups excluding carboxylic acids is 5. The average molecular weight is 1070 g/mol. The number of thiazole rings is 1. The molecule has 4 aromatic carbocycles. The van der Waals surface area contributed by atoms with Gasteiger partial charge >= 0.3 is 6.03 Å². The number of urea groups is 1. The molecule has 0 unspecified atom stereocenters. The number of aryl methyl sites for hydroxylation is 1. The molecule has 1 aliphatic heterocycles. The van der Waals surface area contributed by atoms with Gasteiger partial charge in [0.25, 0.3) is 0 Å². The number of benzene rings is 4. The van der Waals surface area contributed by atoms with E-state index < -0.39 is 23.6 Å². The van der Waals surface area contributed by atoms with Gasteiger partial charge in [0.1, 0.15) is 12.1 Å². The number of nitrogens with one attached hydrogen (secondary N) is 4. The number of likely N-dealkylation sites (tertiary alicyclic amines) is 1. The van der Waals surface area contributed by atoms with Crippen molar-refractivity contribution < 1.29 is 29.1 Å². The summed E-state index contributed by atoms with van der Waals surface area (Å²) in [5, 5.41) is 27.6. The molecular weight excluding hydrogens is 987 g/mol. The van der Waals surface area contributed by atoms with Crippen molar-refractivity contribution in [2.24, 2.45) is 5.41 Å². The van der Waals surface area contributed by atoms with Crippen LogP contribution in [0.1, 0.15) is 158 Å². The van der Waals surface area contributed by atoms with Gasteiger partial charge in [0, 0.05) is 43.7 Å². The van der Waals surface area contributed by atoms with Gasteiger partial charge in [-0.1, -0.05) is 159 Å². The van der Waals surface area contributed by atoms with Crippen molar-refractivity contribution in [3.8, 4) is 21.6 Å². The lowest BCUT2D eigenvalue weighted by Crippen LogP contribution is -2.57. The molecule has 0 aliphatic carbocycles. The molecule has 16 heteroatoms.